The third-order valence-electron chi connectivity index (χ3n) is 2.40. The lowest BCUT2D eigenvalue weighted by atomic mass is 10.2. The normalized spacial score (nSPS) is 12.4. The lowest BCUT2D eigenvalue weighted by Gasteiger charge is -2.21. The van der Waals surface area contributed by atoms with Crippen LogP contribution in [0.3, 0.4) is 0 Å². The fraction of sp³-hybridized carbons (Fsp3) is 0.538. The van der Waals surface area contributed by atoms with E-state index in [1.807, 2.05) is 6.92 Å². The van der Waals surface area contributed by atoms with Crippen molar-refractivity contribution in [1.82, 2.24) is 0 Å². The zero-order chi connectivity index (χ0) is 15.9. The fourth-order valence-corrected chi connectivity index (χ4v) is 5.24. The van der Waals surface area contributed by atoms with E-state index in [-0.39, 0.29) is 24.7 Å². The number of hydrogen-bond acceptors (Lipinski definition) is 5. The van der Waals surface area contributed by atoms with Gasteiger partial charge in [-0.15, -0.1) is 0 Å². The Morgan fingerprint density at radius 2 is 1.38 bits per heavy atom. The molecule has 6 nitrogen and oxygen atoms in total. The van der Waals surface area contributed by atoms with Gasteiger partial charge in [-0.25, -0.2) is 0 Å². The summed E-state index contributed by atoms with van der Waals surface area (Å²) in [6.07, 6.45) is 0. The van der Waals surface area contributed by atoms with Crippen LogP contribution in [0.25, 0.3) is 0 Å². The zero-order valence-electron chi connectivity index (χ0n) is 12.8. The van der Waals surface area contributed by atoms with Crippen molar-refractivity contribution in [2.24, 2.45) is 4.15 Å². The Bertz CT molecular complexity index is 574. The van der Waals surface area contributed by atoms with Gasteiger partial charge >= 0.3 is 7.74 Å². The molecule has 1 rings (SSSR count). The molecule has 0 saturated heterocycles. The number of nitrogens with zero attached hydrogens (tertiary/aromatic N) is 1. The summed E-state index contributed by atoms with van der Waals surface area (Å²) in [6, 6.07) is 6.44. The van der Waals surface area contributed by atoms with E-state index in [2.05, 4.69) is 4.15 Å². The van der Waals surface area contributed by atoms with E-state index >= 15 is 0 Å². The molecule has 0 aliphatic rings. The molecule has 120 valence electrons. The molecule has 1 aromatic carbocycles. The number of rotatable bonds is 8. The Labute approximate surface area is 126 Å². The molecular weight excluding hydrogens is 313 g/mol. The molecule has 0 bridgehead atoms. The van der Waals surface area contributed by atoms with Gasteiger partial charge < -0.3 is 13.6 Å². The van der Waals surface area contributed by atoms with Crippen molar-refractivity contribution < 1.29 is 22.0 Å². The molecule has 21 heavy (non-hydrogen) atoms. The topological polar surface area (TPSA) is 74.2 Å². The van der Waals surface area contributed by atoms with E-state index < -0.39 is 17.8 Å². The molecule has 0 radical (unpaired) electrons. The predicted octanol–water partition coefficient (Wildman–Crippen LogP) is 3.74. The first kappa shape index (κ1) is 18.3. The summed E-state index contributed by atoms with van der Waals surface area (Å²) in [4.78, 5) is 0.0941. The van der Waals surface area contributed by atoms with Crippen LogP contribution < -0.4 is 0 Å². The van der Waals surface area contributed by atoms with Crippen LogP contribution in [0.4, 0.5) is 0 Å². The van der Waals surface area contributed by atoms with Crippen LogP contribution in [-0.4, -0.2) is 28.2 Å². The highest BCUT2D eigenvalue weighted by atomic mass is 32.2. The van der Waals surface area contributed by atoms with Crippen molar-refractivity contribution >= 4 is 17.8 Å². The average Bonchev–Trinajstić information content (AvgIpc) is 2.39. The summed E-state index contributed by atoms with van der Waals surface area (Å²) in [5, 5.41) is 0. The second-order valence-corrected chi connectivity index (χ2v) is 7.88. The van der Waals surface area contributed by atoms with E-state index in [1.165, 1.54) is 12.1 Å². The molecule has 0 aromatic heterocycles. The molecular formula is C13H22NO5PS. The Hall–Kier alpha value is -0.720. The summed E-state index contributed by atoms with van der Waals surface area (Å²) in [6.45, 7) is 7.84. The van der Waals surface area contributed by atoms with Crippen molar-refractivity contribution in [3.05, 3.63) is 29.8 Å². The average molecular weight is 335 g/mol. The van der Waals surface area contributed by atoms with Gasteiger partial charge in [-0.1, -0.05) is 21.8 Å². The first-order chi connectivity index (χ1) is 9.89. The number of hydrogen-bond donors (Lipinski definition) is 0. The Balaban J connectivity index is 3.32. The van der Waals surface area contributed by atoms with E-state index in [4.69, 9.17) is 13.6 Å². The minimum absolute atomic E-state index is 0.0941. The number of sulfonamides is 1. The lowest BCUT2D eigenvalue weighted by Crippen LogP contribution is -2.05. The molecule has 8 heteroatoms. The SMILES string of the molecule is CCOP(=NS(=O)(=O)c1ccc(C)cc1)(OCC)OCC. The summed E-state index contributed by atoms with van der Waals surface area (Å²) in [5.74, 6) is 0. The van der Waals surface area contributed by atoms with Crippen LogP contribution in [0.1, 0.15) is 26.3 Å². The molecule has 0 aliphatic heterocycles. The molecule has 0 saturated carbocycles. The maximum atomic E-state index is 12.4. The van der Waals surface area contributed by atoms with Crippen molar-refractivity contribution in [1.29, 1.82) is 0 Å². The minimum Gasteiger partial charge on any atom is -0.302 e. The zero-order valence-corrected chi connectivity index (χ0v) is 14.5. The van der Waals surface area contributed by atoms with Crippen molar-refractivity contribution in [3.8, 4) is 0 Å². The number of benzene rings is 1. The second-order valence-electron chi connectivity index (χ2n) is 4.09. The largest absolute Gasteiger partial charge is 0.371 e. The third-order valence-corrected chi connectivity index (χ3v) is 6.68. The van der Waals surface area contributed by atoms with Crippen molar-refractivity contribution in [3.63, 3.8) is 0 Å². The van der Waals surface area contributed by atoms with Gasteiger partial charge in [-0.05, 0) is 39.8 Å². The molecule has 0 aliphatic carbocycles. The van der Waals surface area contributed by atoms with E-state index in [0.29, 0.717) is 0 Å². The van der Waals surface area contributed by atoms with Crippen LogP contribution in [0.5, 0.6) is 0 Å². The summed E-state index contributed by atoms with van der Waals surface area (Å²) >= 11 is 0. The van der Waals surface area contributed by atoms with Gasteiger partial charge in [0.15, 0.2) is 0 Å². The van der Waals surface area contributed by atoms with Gasteiger partial charge in [-0.2, -0.15) is 8.42 Å². The maximum absolute atomic E-state index is 12.4. The monoisotopic (exact) mass is 335 g/mol. The van der Waals surface area contributed by atoms with E-state index in [0.717, 1.165) is 5.56 Å². The molecule has 0 amide bonds. The van der Waals surface area contributed by atoms with Crippen molar-refractivity contribution in [2.75, 3.05) is 19.8 Å². The third kappa shape index (κ3) is 5.20. The molecule has 0 atom stereocenters. The Morgan fingerprint density at radius 1 is 0.952 bits per heavy atom. The van der Waals surface area contributed by atoms with Gasteiger partial charge in [0.05, 0.1) is 24.7 Å². The smallest absolute Gasteiger partial charge is 0.302 e. The highest BCUT2D eigenvalue weighted by molar-refractivity contribution is 7.93. The molecule has 0 N–H and O–H groups in total. The van der Waals surface area contributed by atoms with Gasteiger partial charge in [0.25, 0.3) is 10.0 Å². The Morgan fingerprint density at radius 3 is 1.76 bits per heavy atom. The minimum atomic E-state index is -3.90. The lowest BCUT2D eigenvalue weighted by molar-refractivity contribution is 0.164. The van der Waals surface area contributed by atoms with Crippen LogP contribution in [0.2, 0.25) is 0 Å². The van der Waals surface area contributed by atoms with E-state index in [9.17, 15) is 8.42 Å². The summed E-state index contributed by atoms with van der Waals surface area (Å²) < 4.78 is 44.9. The van der Waals surface area contributed by atoms with Gasteiger partial charge in [0.2, 0.25) is 0 Å². The molecule has 1 aromatic rings. The van der Waals surface area contributed by atoms with Gasteiger partial charge in [0, 0.05) is 0 Å². The fourth-order valence-electron chi connectivity index (χ4n) is 1.56. The Kier molecular flexibility index (Phi) is 7.03. The van der Waals surface area contributed by atoms with Crippen molar-refractivity contribution in [2.45, 2.75) is 32.6 Å². The summed E-state index contributed by atoms with van der Waals surface area (Å²) in [7, 11) is -7.16. The van der Waals surface area contributed by atoms with Crippen LogP contribution in [0, 0.1) is 6.92 Å². The van der Waals surface area contributed by atoms with Gasteiger partial charge in [-0.3, -0.25) is 0 Å². The first-order valence-corrected chi connectivity index (χ1v) is 9.71. The molecule has 0 fully saturated rings. The molecule has 0 heterocycles. The first-order valence-electron chi connectivity index (χ1n) is 6.78. The standard InChI is InChI=1S/C13H22NO5PS/c1-5-17-20(18-6-2,19-7-3)14-21(15,16)13-10-8-12(4)9-11-13/h8-11H,5-7H2,1-4H3. The molecule has 0 spiro atoms. The second kappa shape index (κ2) is 8.06. The van der Waals surface area contributed by atoms with E-state index in [1.54, 1.807) is 32.9 Å². The van der Waals surface area contributed by atoms with Crippen LogP contribution >= 0.6 is 7.74 Å². The van der Waals surface area contributed by atoms with Crippen LogP contribution in [0.15, 0.2) is 33.3 Å². The highest BCUT2D eigenvalue weighted by Crippen LogP contribution is 2.54. The predicted molar refractivity (Wildman–Crippen MR) is 82.6 cm³/mol. The van der Waals surface area contributed by atoms with Gasteiger partial charge in [0.1, 0.15) is 0 Å². The summed E-state index contributed by atoms with van der Waals surface area (Å²) in [5.41, 5.74) is 0.967. The molecule has 0 unspecified atom stereocenters. The quantitative estimate of drug-likeness (QED) is 0.677. The van der Waals surface area contributed by atoms with Crippen LogP contribution in [-0.2, 0) is 23.6 Å². The maximum Gasteiger partial charge on any atom is 0.371 e. The number of aryl methyl sites for hydroxylation is 1. The highest BCUT2D eigenvalue weighted by Gasteiger charge is 2.28.